The highest BCUT2D eigenvalue weighted by Gasteiger charge is 2.46. The van der Waals surface area contributed by atoms with Crippen LogP contribution in [0.15, 0.2) is 0 Å². The standard InChI is InChI=1S/C12H22N2S/c1-3-13-4-2-12(1)9-11(10-12)14-5-7-15-8-6-14/h11,13H,1-10H2. The first-order valence-corrected chi connectivity index (χ1v) is 7.56. The molecule has 1 N–H and O–H groups in total. The number of rotatable bonds is 1. The van der Waals surface area contributed by atoms with Crippen molar-refractivity contribution < 1.29 is 0 Å². The first kappa shape index (κ1) is 10.4. The molecular formula is C12H22N2S. The van der Waals surface area contributed by atoms with E-state index in [9.17, 15) is 0 Å². The lowest BCUT2D eigenvalue weighted by Crippen LogP contribution is -2.56. The van der Waals surface area contributed by atoms with Gasteiger partial charge in [-0.15, -0.1) is 0 Å². The summed E-state index contributed by atoms with van der Waals surface area (Å²) in [5, 5.41) is 3.49. The maximum Gasteiger partial charge on any atom is 0.0107 e. The van der Waals surface area contributed by atoms with Gasteiger partial charge in [0.05, 0.1) is 0 Å². The zero-order chi connectivity index (χ0) is 10.1. The Morgan fingerprint density at radius 1 is 1.07 bits per heavy atom. The second-order valence-corrected chi connectivity index (χ2v) is 6.69. The highest BCUT2D eigenvalue weighted by molar-refractivity contribution is 7.99. The van der Waals surface area contributed by atoms with Crippen LogP contribution in [-0.4, -0.2) is 48.6 Å². The third-order valence-electron chi connectivity index (χ3n) is 4.56. The van der Waals surface area contributed by atoms with Crippen LogP contribution < -0.4 is 5.32 Å². The number of piperidine rings is 1. The van der Waals surface area contributed by atoms with Gasteiger partial charge < -0.3 is 5.32 Å². The summed E-state index contributed by atoms with van der Waals surface area (Å²) in [4.78, 5) is 2.75. The summed E-state index contributed by atoms with van der Waals surface area (Å²) in [5.41, 5.74) is 0.764. The van der Waals surface area contributed by atoms with Crippen LogP contribution in [0.5, 0.6) is 0 Å². The lowest BCUT2D eigenvalue weighted by molar-refractivity contribution is -0.0165. The highest BCUT2D eigenvalue weighted by atomic mass is 32.2. The van der Waals surface area contributed by atoms with Gasteiger partial charge in [-0.1, -0.05) is 0 Å². The van der Waals surface area contributed by atoms with Crippen molar-refractivity contribution in [3.05, 3.63) is 0 Å². The van der Waals surface area contributed by atoms with Gasteiger partial charge in [0.2, 0.25) is 0 Å². The summed E-state index contributed by atoms with van der Waals surface area (Å²) < 4.78 is 0. The molecule has 2 nitrogen and oxygen atoms in total. The van der Waals surface area contributed by atoms with Gasteiger partial charge in [0, 0.05) is 30.6 Å². The fourth-order valence-electron chi connectivity index (χ4n) is 3.51. The molecule has 0 aromatic heterocycles. The predicted octanol–water partition coefficient (Wildman–Crippen LogP) is 1.57. The Morgan fingerprint density at radius 3 is 2.40 bits per heavy atom. The van der Waals surface area contributed by atoms with Gasteiger partial charge in [-0.25, -0.2) is 0 Å². The van der Waals surface area contributed by atoms with Crippen molar-refractivity contribution in [2.45, 2.75) is 31.7 Å². The zero-order valence-electron chi connectivity index (χ0n) is 9.50. The molecule has 3 aliphatic rings. The number of nitrogens with one attached hydrogen (secondary N) is 1. The maximum absolute atomic E-state index is 3.49. The molecule has 1 spiro atoms. The minimum atomic E-state index is 0.764. The predicted molar refractivity (Wildman–Crippen MR) is 66.5 cm³/mol. The molecule has 2 aliphatic heterocycles. The van der Waals surface area contributed by atoms with Crippen LogP contribution in [0.3, 0.4) is 0 Å². The minimum absolute atomic E-state index is 0.764. The topological polar surface area (TPSA) is 15.3 Å². The van der Waals surface area contributed by atoms with Crippen molar-refractivity contribution in [2.75, 3.05) is 37.7 Å². The monoisotopic (exact) mass is 226 g/mol. The molecule has 86 valence electrons. The fourth-order valence-corrected chi connectivity index (χ4v) is 4.44. The van der Waals surface area contributed by atoms with E-state index in [1.165, 1.54) is 63.4 Å². The summed E-state index contributed by atoms with van der Waals surface area (Å²) in [6.07, 6.45) is 5.87. The molecule has 3 rings (SSSR count). The van der Waals surface area contributed by atoms with Crippen LogP contribution in [0.2, 0.25) is 0 Å². The van der Waals surface area contributed by atoms with Crippen LogP contribution in [0.4, 0.5) is 0 Å². The lowest BCUT2D eigenvalue weighted by atomic mass is 9.60. The van der Waals surface area contributed by atoms with Crippen molar-refractivity contribution in [3.63, 3.8) is 0 Å². The van der Waals surface area contributed by atoms with Crippen molar-refractivity contribution in [1.29, 1.82) is 0 Å². The normalized spacial score (nSPS) is 32.8. The van der Waals surface area contributed by atoms with Gasteiger partial charge in [-0.3, -0.25) is 4.90 Å². The van der Waals surface area contributed by atoms with E-state index in [1.54, 1.807) is 0 Å². The van der Waals surface area contributed by atoms with E-state index in [-0.39, 0.29) is 0 Å². The molecule has 0 aromatic carbocycles. The molecule has 15 heavy (non-hydrogen) atoms. The molecule has 2 saturated heterocycles. The largest absolute Gasteiger partial charge is 0.317 e. The molecule has 0 atom stereocenters. The smallest absolute Gasteiger partial charge is 0.0107 e. The maximum atomic E-state index is 3.49. The second-order valence-electron chi connectivity index (χ2n) is 5.46. The molecule has 1 aliphatic carbocycles. The highest BCUT2D eigenvalue weighted by Crippen LogP contribution is 2.50. The Hall–Kier alpha value is 0.270. The van der Waals surface area contributed by atoms with Crippen LogP contribution in [0, 0.1) is 5.41 Å². The van der Waals surface area contributed by atoms with Crippen LogP contribution in [0.1, 0.15) is 25.7 Å². The van der Waals surface area contributed by atoms with E-state index in [1.807, 2.05) is 0 Å². The Kier molecular flexibility index (Phi) is 2.97. The lowest BCUT2D eigenvalue weighted by Gasteiger charge is -2.54. The van der Waals surface area contributed by atoms with E-state index in [0.717, 1.165) is 11.5 Å². The average molecular weight is 226 g/mol. The second kappa shape index (κ2) is 4.27. The number of hydrogen-bond donors (Lipinski definition) is 1. The Balaban J connectivity index is 1.51. The Morgan fingerprint density at radius 2 is 1.73 bits per heavy atom. The molecule has 0 bridgehead atoms. The molecule has 0 unspecified atom stereocenters. The fraction of sp³-hybridized carbons (Fsp3) is 1.00. The van der Waals surface area contributed by atoms with Crippen LogP contribution >= 0.6 is 11.8 Å². The van der Waals surface area contributed by atoms with Crippen LogP contribution in [0.25, 0.3) is 0 Å². The number of thioether (sulfide) groups is 1. The summed E-state index contributed by atoms with van der Waals surface area (Å²) in [7, 11) is 0. The van der Waals surface area contributed by atoms with Gasteiger partial charge in [-0.2, -0.15) is 11.8 Å². The van der Waals surface area contributed by atoms with Gasteiger partial charge in [0.1, 0.15) is 0 Å². The van der Waals surface area contributed by atoms with E-state index in [4.69, 9.17) is 0 Å². The molecule has 2 heterocycles. The average Bonchev–Trinajstić information content (AvgIpc) is 2.28. The summed E-state index contributed by atoms with van der Waals surface area (Å²) in [6, 6.07) is 0.948. The number of hydrogen-bond acceptors (Lipinski definition) is 3. The van der Waals surface area contributed by atoms with E-state index < -0.39 is 0 Å². The minimum Gasteiger partial charge on any atom is -0.317 e. The third-order valence-corrected chi connectivity index (χ3v) is 5.51. The summed E-state index contributed by atoms with van der Waals surface area (Å²) >= 11 is 2.13. The third kappa shape index (κ3) is 2.06. The Bertz CT molecular complexity index is 212. The van der Waals surface area contributed by atoms with Crippen molar-refractivity contribution >= 4 is 11.8 Å². The first-order valence-electron chi connectivity index (χ1n) is 6.41. The Labute approximate surface area is 97.2 Å². The van der Waals surface area contributed by atoms with E-state index in [0.29, 0.717) is 0 Å². The van der Waals surface area contributed by atoms with Crippen molar-refractivity contribution in [3.8, 4) is 0 Å². The van der Waals surface area contributed by atoms with Crippen molar-refractivity contribution in [2.24, 2.45) is 5.41 Å². The van der Waals surface area contributed by atoms with Gasteiger partial charge >= 0.3 is 0 Å². The number of nitrogens with zero attached hydrogens (tertiary/aromatic N) is 1. The molecule has 1 saturated carbocycles. The van der Waals surface area contributed by atoms with Gasteiger partial charge in [0.15, 0.2) is 0 Å². The van der Waals surface area contributed by atoms with Gasteiger partial charge in [0.25, 0.3) is 0 Å². The van der Waals surface area contributed by atoms with Gasteiger partial charge in [-0.05, 0) is 44.2 Å². The van der Waals surface area contributed by atoms with Crippen LogP contribution in [-0.2, 0) is 0 Å². The molecule has 0 radical (unpaired) electrons. The molecule has 3 fully saturated rings. The summed E-state index contributed by atoms with van der Waals surface area (Å²) in [6.45, 7) is 5.23. The molecular weight excluding hydrogens is 204 g/mol. The SMILES string of the molecule is C1CC2(CCN1)CC(N1CCSCC1)C2. The van der Waals surface area contributed by atoms with Crippen molar-refractivity contribution in [1.82, 2.24) is 10.2 Å². The zero-order valence-corrected chi connectivity index (χ0v) is 10.3. The van der Waals surface area contributed by atoms with E-state index >= 15 is 0 Å². The first-order chi connectivity index (χ1) is 7.38. The molecule has 0 amide bonds. The quantitative estimate of drug-likeness (QED) is 0.730. The summed E-state index contributed by atoms with van der Waals surface area (Å²) in [5.74, 6) is 2.73. The molecule has 0 aromatic rings. The van der Waals surface area contributed by atoms with E-state index in [2.05, 4.69) is 22.0 Å². The molecule has 3 heteroatoms.